The number of carboxylic acids is 1. The van der Waals surface area contributed by atoms with Crippen LogP contribution in [0.5, 0.6) is 0 Å². The molecule has 102 valence electrons. The van der Waals surface area contributed by atoms with Crippen molar-refractivity contribution in [1.29, 1.82) is 0 Å². The summed E-state index contributed by atoms with van der Waals surface area (Å²) >= 11 is 0. The van der Waals surface area contributed by atoms with Crippen LogP contribution in [-0.2, 0) is 14.3 Å². The molecule has 7 heteroatoms. The Bertz CT molecular complexity index is 351. The number of urea groups is 1. The molecule has 0 aromatic carbocycles. The number of nitrogens with one attached hydrogen (secondary N) is 2. The van der Waals surface area contributed by atoms with Crippen LogP contribution in [0.15, 0.2) is 0 Å². The predicted octanol–water partition coefficient (Wildman–Crippen LogP) is 0.102. The van der Waals surface area contributed by atoms with Gasteiger partial charge >= 0.3 is 18.0 Å². The number of carbonyl (C=O) groups excluding carboxylic acids is 2. The fourth-order valence-corrected chi connectivity index (χ4v) is 1.44. The Kier molecular flexibility index (Phi) is 4.52. The van der Waals surface area contributed by atoms with Crippen LogP contribution in [0.4, 0.5) is 4.79 Å². The van der Waals surface area contributed by atoms with Crippen LogP contribution < -0.4 is 10.6 Å². The molecule has 1 rings (SSSR count). The summed E-state index contributed by atoms with van der Waals surface area (Å²) in [4.78, 5) is 33.5. The molecule has 0 aromatic rings. The third kappa shape index (κ3) is 3.61. The maximum atomic E-state index is 11.4. The van der Waals surface area contributed by atoms with Gasteiger partial charge in [0.25, 0.3) is 0 Å². The van der Waals surface area contributed by atoms with E-state index in [9.17, 15) is 14.4 Å². The van der Waals surface area contributed by atoms with Crippen molar-refractivity contribution in [2.75, 3.05) is 13.2 Å². The van der Waals surface area contributed by atoms with E-state index in [0.29, 0.717) is 12.8 Å². The maximum absolute atomic E-state index is 11.4. The minimum atomic E-state index is -0.902. The summed E-state index contributed by atoms with van der Waals surface area (Å²) in [5, 5.41) is 13.8. The second kappa shape index (κ2) is 5.70. The number of carboxylic acid groups (broad SMARTS) is 1. The summed E-state index contributed by atoms with van der Waals surface area (Å²) in [6.07, 6.45) is 1.13. The first-order chi connectivity index (χ1) is 8.41. The zero-order valence-corrected chi connectivity index (χ0v) is 10.5. The average Bonchev–Trinajstić information content (AvgIpc) is 3.07. The molecule has 1 saturated carbocycles. The molecule has 0 saturated heterocycles. The molecule has 0 spiro atoms. The van der Waals surface area contributed by atoms with Gasteiger partial charge in [-0.25, -0.2) is 9.59 Å². The zero-order valence-electron chi connectivity index (χ0n) is 10.5. The first-order valence-electron chi connectivity index (χ1n) is 5.85. The van der Waals surface area contributed by atoms with E-state index in [2.05, 4.69) is 10.6 Å². The second-order valence-corrected chi connectivity index (χ2v) is 4.39. The number of rotatable bonds is 6. The van der Waals surface area contributed by atoms with Crippen molar-refractivity contribution in [3.8, 4) is 0 Å². The summed E-state index contributed by atoms with van der Waals surface area (Å²) < 4.78 is 4.72. The molecule has 0 aliphatic heterocycles. The number of ether oxygens (including phenoxy) is 1. The average molecular weight is 258 g/mol. The molecule has 0 radical (unpaired) electrons. The molecule has 0 heterocycles. The lowest BCUT2D eigenvalue weighted by molar-refractivity contribution is -0.145. The molecule has 1 unspecified atom stereocenters. The number of carbonyl (C=O) groups is 3. The van der Waals surface area contributed by atoms with E-state index in [1.54, 1.807) is 6.92 Å². The van der Waals surface area contributed by atoms with E-state index in [0.717, 1.165) is 0 Å². The molecule has 3 N–H and O–H groups in total. The molecular weight excluding hydrogens is 240 g/mol. The first-order valence-corrected chi connectivity index (χ1v) is 5.85. The Labute approximate surface area is 105 Å². The number of hydrogen-bond donors (Lipinski definition) is 3. The van der Waals surface area contributed by atoms with Crippen LogP contribution >= 0.6 is 0 Å². The van der Waals surface area contributed by atoms with Crippen molar-refractivity contribution < 1.29 is 24.2 Å². The zero-order chi connectivity index (χ0) is 13.8. The van der Waals surface area contributed by atoms with Gasteiger partial charge in [-0.3, -0.25) is 4.79 Å². The Morgan fingerprint density at radius 3 is 2.44 bits per heavy atom. The molecule has 7 nitrogen and oxygen atoms in total. The highest BCUT2D eigenvalue weighted by molar-refractivity contribution is 5.84. The van der Waals surface area contributed by atoms with Crippen molar-refractivity contribution in [3.05, 3.63) is 0 Å². The standard InChI is InChI=1S/C11H18N2O5/c1-3-18-8(14)7(2)13-10(17)12-6-11(4-5-11)9(15)16/h7H,3-6H2,1-2H3,(H,15,16)(H2,12,13,17). The molecular formula is C11H18N2O5. The van der Waals surface area contributed by atoms with E-state index < -0.39 is 29.4 Å². The Morgan fingerprint density at radius 2 is 2.00 bits per heavy atom. The van der Waals surface area contributed by atoms with E-state index in [-0.39, 0.29) is 13.2 Å². The molecule has 1 atom stereocenters. The van der Waals surface area contributed by atoms with Gasteiger partial charge in [-0.05, 0) is 26.7 Å². The highest BCUT2D eigenvalue weighted by atomic mass is 16.5. The fourth-order valence-electron chi connectivity index (χ4n) is 1.44. The highest BCUT2D eigenvalue weighted by Gasteiger charge is 2.50. The van der Waals surface area contributed by atoms with Gasteiger partial charge in [0.2, 0.25) is 0 Å². The molecule has 1 fully saturated rings. The third-order valence-electron chi connectivity index (χ3n) is 2.88. The lowest BCUT2D eigenvalue weighted by Gasteiger charge is -2.15. The number of aliphatic carboxylic acids is 1. The summed E-state index contributed by atoms with van der Waals surface area (Å²) in [6.45, 7) is 3.49. The summed E-state index contributed by atoms with van der Waals surface area (Å²) in [6, 6.07) is -1.33. The SMILES string of the molecule is CCOC(=O)C(C)NC(=O)NCC1(C(=O)O)CC1. The first kappa shape index (κ1) is 14.3. The maximum Gasteiger partial charge on any atom is 0.328 e. The molecule has 2 amide bonds. The monoisotopic (exact) mass is 258 g/mol. The van der Waals surface area contributed by atoms with Crippen molar-refractivity contribution in [2.24, 2.45) is 5.41 Å². The van der Waals surface area contributed by atoms with E-state index in [1.165, 1.54) is 6.92 Å². The summed E-state index contributed by atoms with van der Waals surface area (Å²) in [5.41, 5.74) is -0.815. The molecule has 0 bridgehead atoms. The number of hydrogen-bond acceptors (Lipinski definition) is 4. The van der Waals surface area contributed by atoms with Gasteiger partial charge in [0.1, 0.15) is 6.04 Å². The van der Waals surface area contributed by atoms with Crippen LogP contribution in [0.2, 0.25) is 0 Å². The Hall–Kier alpha value is -1.79. The van der Waals surface area contributed by atoms with Gasteiger partial charge in [0, 0.05) is 6.54 Å². The van der Waals surface area contributed by atoms with Crippen LogP contribution in [0, 0.1) is 5.41 Å². The Morgan fingerprint density at radius 1 is 1.39 bits per heavy atom. The van der Waals surface area contributed by atoms with Crippen LogP contribution in [0.25, 0.3) is 0 Å². The molecule has 0 aromatic heterocycles. The van der Waals surface area contributed by atoms with Gasteiger partial charge in [0.05, 0.1) is 12.0 Å². The normalized spacial score (nSPS) is 17.4. The fraction of sp³-hybridized carbons (Fsp3) is 0.727. The smallest absolute Gasteiger partial charge is 0.328 e. The minimum absolute atomic E-state index is 0.0731. The van der Waals surface area contributed by atoms with Gasteiger partial charge in [-0.1, -0.05) is 0 Å². The molecule has 1 aliphatic rings. The molecule has 18 heavy (non-hydrogen) atoms. The minimum Gasteiger partial charge on any atom is -0.481 e. The van der Waals surface area contributed by atoms with E-state index >= 15 is 0 Å². The van der Waals surface area contributed by atoms with Gasteiger partial charge < -0.3 is 20.5 Å². The lowest BCUT2D eigenvalue weighted by atomic mass is 10.1. The van der Waals surface area contributed by atoms with E-state index in [1.807, 2.05) is 0 Å². The topological polar surface area (TPSA) is 105 Å². The quantitative estimate of drug-likeness (QED) is 0.586. The van der Waals surface area contributed by atoms with Crippen LogP contribution in [-0.4, -0.2) is 42.3 Å². The van der Waals surface area contributed by atoms with E-state index in [4.69, 9.17) is 9.84 Å². The second-order valence-electron chi connectivity index (χ2n) is 4.39. The highest BCUT2D eigenvalue weighted by Crippen LogP contribution is 2.45. The van der Waals surface area contributed by atoms with Gasteiger partial charge in [0.15, 0.2) is 0 Å². The van der Waals surface area contributed by atoms with Gasteiger partial charge in [-0.15, -0.1) is 0 Å². The Balaban J connectivity index is 2.30. The predicted molar refractivity (Wildman–Crippen MR) is 61.9 cm³/mol. The summed E-state index contributed by atoms with van der Waals surface area (Å²) in [5.74, 6) is -1.42. The summed E-state index contributed by atoms with van der Waals surface area (Å²) in [7, 11) is 0. The van der Waals surface area contributed by atoms with Gasteiger partial charge in [-0.2, -0.15) is 0 Å². The van der Waals surface area contributed by atoms with Crippen molar-refractivity contribution in [2.45, 2.75) is 32.7 Å². The molecule has 1 aliphatic carbocycles. The van der Waals surface area contributed by atoms with Crippen LogP contribution in [0.3, 0.4) is 0 Å². The largest absolute Gasteiger partial charge is 0.481 e. The third-order valence-corrected chi connectivity index (χ3v) is 2.88. The number of amides is 2. The number of esters is 1. The lowest BCUT2D eigenvalue weighted by Crippen LogP contribution is -2.47. The van der Waals surface area contributed by atoms with Crippen molar-refractivity contribution >= 4 is 18.0 Å². The van der Waals surface area contributed by atoms with Crippen molar-refractivity contribution in [3.63, 3.8) is 0 Å². The van der Waals surface area contributed by atoms with Crippen LogP contribution in [0.1, 0.15) is 26.7 Å². The van der Waals surface area contributed by atoms with Crippen molar-refractivity contribution in [1.82, 2.24) is 10.6 Å².